The molecule has 4 aliphatic carbocycles. The molecule has 49 heavy (non-hydrogen) atoms. The van der Waals surface area contributed by atoms with Crippen LogP contribution in [0.25, 0.3) is 0 Å². The van der Waals surface area contributed by atoms with Crippen LogP contribution in [0.1, 0.15) is 27.2 Å². The zero-order chi connectivity index (χ0) is 35.6. The summed E-state index contributed by atoms with van der Waals surface area (Å²) in [6.45, 7) is 5.79. The Hall–Kier alpha value is -3.79. The maximum Gasteiger partial charge on any atom is 0.493 e. The van der Waals surface area contributed by atoms with Crippen LogP contribution in [0.5, 0.6) is 0 Å². The van der Waals surface area contributed by atoms with Crippen molar-refractivity contribution in [3.63, 3.8) is 0 Å². The van der Waals surface area contributed by atoms with Crippen LogP contribution in [0.3, 0.4) is 0 Å². The van der Waals surface area contributed by atoms with E-state index in [4.69, 9.17) is 9.31 Å². The van der Waals surface area contributed by atoms with E-state index in [0.29, 0.717) is 0 Å². The van der Waals surface area contributed by atoms with Crippen molar-refractivity contribution in [1.29, 1.82) is 0 Å². The average molecular weight is 678 g/mol. The number of aliphatic hydroxyl groups excluding tert-OH is 3. The van der Waals surface area contributed by atoms with Crippen molar-refractivity contribution in [2.24, 2.45) is 23.7 Å². The maximum atomic E-state index is 14.1. The Morgan fingerprint density at radius 3 is 2.27 bits per heavy atom. The second kappa shape index (κ2) is 12.8. The van der Waals surface area contributed by atoms with E-state index < -0.39 is 82.6 Å². The van der Waals surface area contributed by atoms with Crippen LogP contribution in [0.4, 0.5) is 0 Å². The fraction of sp³-hybridized carbons (Fsp3) is 0.514. The molecule has 0 aromatic heterocycles. The number of likely N-dealkylation sites (N-methyl/N-ethyl adjacent to an activating group) is 1. The van der Waals surface area contributed by atoms with Gasteiger partial charge in [-0.1, -0.05) is 42.5 Å². The van der Waals surface area contributed by atoms with Gasteiger partial charge in [0.05, 0.1) is 24.2 Å². The number of hydrogen-bond donors (Lipinski definition) is 6. The number of nitrogens with zero attached hydrogens (tertiary/aromatic N) is 2. The van der Waals surface area contributed by atoms with Gasteiger partial charge in [0.15, 0.2) is 17.2 Å². The van der Waals surface area contributed by atoms with Gasteiger partial charge in [-0.25, -0.2) is 0 Å². The van der Waals surface area contributed by atoms with Crippen LogP contribution in [0, 0.1) is 23.7 Å². The fourth-order valence-corrected chi connectivity index (χ4v) is 8.40. The lowest BCUT2D eigenvalue weighted by Crippen LogP contribution is -2.66. The molecule has 13 nitrogen and oxygen atoms in total. The first-order chi connectivity index (χ1) is 23.1. The predicted molar refractivity (Wildman–Crippen MR) is 178 cm³/mol. The monoisotopic (exact) mass is 677 g/mol. The van der Waals surface area contributed by atoms with E-state index in [-0.39, 0.29) is 49.7 Å². The van der Waals surface area contributed by atoms with Gasteiger partial charge in [-0.15, -0.1) is 0 Å². The summed E-state index contributed by atoms with van der Waals surface area (Å²) < 4.78 is 12.1. The van der Waals surface area contributed by atoms with E-state index in [1.807, 2.05) is 49.1 Å². The number of Topliss-reactive ketones (excluding diaryl/α,β-unsaturated/α-hetero) is 2. The molecule has 0 unspecified atom stereocenters. The summed E-state index contributed by atoms with van der Waals surface area (Å²) >= 11 is 0. The summed E-state index contributed by atoms with van der Waals surface area (Å²) in [6, 6.07) is 7.91. The predicted octanol–water partition coefficient (Wildman–Crippen LogP) is 0.663. The third kappa shape index (κ3) is 5.54. The van der Waals surface area contributed by atoms with Crippen LogP contribution in [-0.4, -0.2) is 123 Å². The molecule has 262 valence electrons. The summed E-state index contributed by atoms with van der Waals surface area (Å²) in [5.41, 5.74) is -4.62. The Bertz CT molecular complexity index is 1640. The topological polar surface area (TPSA) is 189 Å². The molecule has 1 aliphatic heterocycles. The number of ketones is 2. The number of carbonyl (C=O) groups is 3. The molecule has 1 heterocycles. The first kappa shape index (κ1) is 35.1. The minimum absolute atomic E-state index is 0.0683. The van der Waals surface area contributed by atoms with E-state index in [2.05, 4.69) is 5.32 Å². The van der Waals surface area contributed by atoms with Crippen molar-refractivity contribution in [1.82, 2.24) is 15.1 Å². The quantitative estimate of drug-likeness (QED) is 0.189. The number of amides is 1. The molecule has 9 atom stereocenters. The van der Waals surface area contributed by atoms with Gasteiger partial charge in [-0.05, 0) is 52.8 Å². The molecule has 5 aliphatic rings. The molecule has 14 heteroatoms. The Balaban J connectivity index is 1.31. The number of carbonyl (C=O) groups excluding carboxylic acids is 3. The lowest BCUT2D eigenvalue weighted by molar-refractivity contribution is -0.152. The van der Waals surface area contributed by atoms with Crippen molar-refractivity contribution in [3.05, 3.63) is 77.0 Å². The standard InChI is InChI=1S/C35H44BN3O10/c1-18-15-48-36(20-10-7-6-8-11-20)49-16-19(2)39(18)17-37-33(45)27-30(42)28(38(4)5)23-14-22-26(31(43)35(23,47)32(27)44)29(41)25-21(34(22,3)46)12-9-13-24(25)40/h6-13,18-19,21-23,25,28,40,43-44,46-47H,14-17H2,1-5H3,(H,37,45)/t18-,19+,21-,22+,23-,25-,28+,34+,35-/m0/s1. The average Bonchev–Trinajstić information content (AvgIpc) is 3.05. The number of nitrogens with one attached hydrogen (secondary N) is 1. The van der Waals surface area contributed by atoms with Crippen LogP contribution in [-0.2, 0) is 23.7 Å². The Morgan fingerprint density at radius 1 is 1.02 bits per heavy atom. The highest BCUT2D eigenvalue weighted by atomic mass is 16.6. The van der Waals surface area contributed by atoms with Gasteiger partial charge < -0.3 is 40.2 Å². The van der Waals surface area contributed by atoms with Gasteiger partial charge >= 0.3 is 7.12 Å². The number of fused-ring (bicyclic) bond motifs is 3. The zero-order valence-electron chi connectivity index (χ0n) is 28.2. The minimum Gasteiger partial charge on any atom is -0.512 e. The van der Waals surface area contributed by atoms with Gasteiger partial charge in [-0.2, -0.15) is 0 Å². The second-order valence-corrected chi connectivity index (χ2v) is 14.3. The van der Waals surface area contributed by atoms with Gasteiger partial charge in [-0.3, -0.25) is 24.2 Å². The highest BCUT2D eigenvalue weighted by Gasteiger charge is 2.67. The van der Waals surface area contributed by atoms with Crippen LogP contribution in [0.2, 0.25) is 0 Å². The van der Waals surface area contributed by atoms with Gasteiger partial charge in [0.1, 0.15) is 22.9 Å². The lowest BCUT2D eigenvalue weighted by Gasteiger charge is -2.55. The molecule has 1 saturated carbocycles. The van der Waals surface area contributed by atoms with Crippen molar-refractivity contribution in [2.75, 3.05) is 34.0 Å². The molecule has 6 N–H and O–H groups in total. The molecule has 1 saturated heterocycles. The molecule has 0 bridgehead atoms. The molecule has 0 spiro atoms. The molecule has 0 radical (unpaired) electrons. The summed E-state index contributed by atoms with van der Waals surface area (Å²) in [4.78, 5) is 45.1. The third-order valence-electron chi connectivity index (χ3n) is 11.1. The fourth-order valence-electron chi connectivity index (χ4n) is 8.40. The first-order valence-corrected chi connectivity index (χ1v) is 16.6. The molecular formula is C35H44BN3O10. The number of rotatable bonds is 5. The second-order valence-electron chi connectivity index (χ2n) is 14.3. The Kier molecular flexibility index (Phi) is 9.18. The number of aliphatic hydroxyl groups is 5. The van der Waals surface area contributed by atoms with Crippen LogP contribution >= 0.6 is 0 Å². The van der Waals surface area contributed by atoms with Crippen LogP contribution in [0.15, 0.2) is 77.0 Å². The summed E-state index contributed by atoms with van der Waals surface area (Å²) in [7, 11) is 2.57. The van der Waals surface area contributed by atoms with E-state index in [9.17, 15) is 39.9 Å². The zero-order valence-corrected chi connectivity index (χ0v) is 28.2. The van der Waals surface area contributed by atoms with Gasteiger partial charge in [0.25, 0.3) is 5.91 Å². The first-order valence-electron chi connectivity index (χ1n) is 16.6. The van der Waals surface area contributed by atoms with Crippen LogP contribution < -0.4 is 10.8 Å². The number of benzene rings is 1. The smallest absolute Gasteiger partial charge is 0.493 e. The summed E-state index contributed by atoms with van der Waals surface area (Å²) in [6.07, 6.45) is 4.28. The van der Waals surface area contributed by atoms with Gasteiger partial charge in [0.2, 0.25) is 0 Å². The van der Waals surface area contributed by atoms with Crippen molar-refractivity contribution in [3.8, 4) is 0 Å². The largest absolute Gasteiger partial charge is 0.512 e. The molecular weight excluding hydrogens is 633 g/mol. The maximum absolute atomic E-state index is 14.1. The SMILES string of the molecule is C[C@@H]1COB(c2ccccc2)OC[C@H](C)N1CNC(=O)C1=C(O)[C@@]2(O)C(O)=C3C(=O)[C@@H]4C(O)=CC=C[C@@H]4[C@@](C)(O)[C@@H]3C[C@H]2[C@@H](N(C)C)C1=O. The molecule has 6 rings (SSSR count). The number of hydrogen-bond acceptors (Lipinski definition) is 12. The van der Waals surface area contributed by atoms with E-state index in [1.165, 1.54) is 24.0 Å². The van der Waals surface area contributed by atoms with E-state index >= 15 is 0 Å². The van der Waals surface area contributed by atoms with Gasteiger partial charge in [0, 0.05) is 48.6 Å². The van der Waals surface area contributed by atoms with E-state index in [0.717, 1.165) is 5.46 Å². The minimum atomic E-state index is -2.71. The third-order valence-corrected chi connectivity index (χ3v) is 11.1. The lowest BCUT2D eigenvalue weighted by atomic mass is 9.52. The highest BCUT2D eigenvalue weighted by molar-refractivity contribution is 6.61. The Labute approximate surface area is 285 Å². The molecule has 2 fully saturated rings. The van der Waals surface area contributed by atoms with E-state index in [1.54, 1.807) is 20.2 Å². The Morgan fingerprint density at radius 2 is 1.65 bits per heavy atom. The normalized spacial score (nSPS) is 36.9. The molecule has 1 amide bonds. The molecule has 1 aromatic carbocycles. The molecule has 1 aromatic rings. The summed E-state index contributed by atoms with van der Waals surface area (Å²) in [5, 5.41) is 60.7. The van der Waals surface area contributed by atoms with Crippen molar-refractivity contribution in [2.45, 2.75) is 56.5 Å². The number of allylic oxidation sites excluding steroid dienone is 3. The van der Waals surface area contributed by atoms with Crippen molar-refractivity contribution >= 4 is 30.1 Å². The highest BCUT2D eigenvalue weighted by Crippen LogP contribution is 2.57. The van der Waals surface area contributed by atoms with Crippen molar-refractivity contribution < 1.29 is 49.2 Å². The summed E-state index contributed by atoms with van der Waals surface area (Å²) in [5.74, 6) is -9.18.